The first kappa shape index (κ1) is 22.8. The van der Waals surface area contributed by atoms with Crippen LogP contribution in [0.25, 0.3) is 0 Å². The third-order valence-corrected chi connectivity index (χ3v) is 6.02. The number of hydrogen-bond acceptors (Lipinski definition) is 9. The molecule has 5 N–H and O–H groups in total. The third kappa shape index (κ3) is 4.94. The van der Waals surface area contributed by atoms with E-state index in [4.69, 9.17) is 10.5 Å². The Kier molecular flexibility index (Phi) is 5.85. The molecule has 10 nitrogen and oxygen atoms in total. The summed E-state index contributed by atoms with van der Waals surface area (Å²) in [6, 6.07) is 11.5. The van der Waals surface area contributed by atoms with Gasteiger partial charge < -0.3 is 31.3 Å². The Labute approximate surface area is 202 Å². The molecular formula is C24H27FN8O2. The molecule has 2 aliphatic heterocycles. The number of benzene rings is 1. The van der Waals surface area contributed by atoms with Crippen LogP contribution in [0.5, 0.6) is 5.75 Å². The van der Waals surface area contributed by atoms with Crippen molar-refractivity contribution in [3.8, 4) is 5.75 Å². The number of hydrogen-bond donors (Lipinski definition) is 4. The van der Waals surface area contributed by atoms with Crippen molar-refractivity contribution in [1.82, 2.24) is 15.0 Å². The number of nitrogens with zero attached hydrogens (tertiary/aromatic N) is 4. The lowest BCUT2D eigenvalue weighted by molar-refractivity contribution is -0.129. The van der Waals surface area contributed by atoms with Crippen molar-refractivity contribution in [3.05, 3.63) is 48.4 Å². The van der Waals surface area contributed by atoms with Gasteiger partial charge >= 0.3 is 0 Å². The molecule has 1 saturated heterocycles. The van der Waals surface area contributed by atoms with Gasteiger partial charge in [0.15, 0.2) is 28.8 Å². The van der Waals surface area contributed by atoms with Gasteiger partial charge in [-0.25, -0.2) is 14.4 Å². The average molecular weight is 479 g/mol. The summed E-state index contributed by atoms with van der Waals surface area (Å²) in [5.74, 6) is 0.187. The number of rotatable bonds is 5. The Balaban J connectivity index is 1.28. The highest BCUT2D eigenvalue weighted by Crippen LogP contribution is 2.33. The molecule has 1 aromatic carbocycles. The lowest BCUT2D eigenvalue weighted by Gasteiger charge is -2.32. The lowest BCUT2D eigenvalue weighted by Crippen LogP contribution is -2.46. The predicted octanol–water partition coefficient (Wildman–Crippen LogP) is 3.53. The second-order valence-electron chi connectivity index (χ2n) is 9.12. The fourth-order valence-corrected chi connectivity index (χ4v) is 3.95. The fraction of sp³-hybridized carbons (Fsp3) is 0.333. The van der Waals surface area contributed by atoms with Crippen LogP contribution >= 0.6 is 0 Å². The molecule has 1 amide bonds. The van der Waals surface area contributed by atoms with Crippen molar-refractivity contribution < 1.29 is 13.9 Å². The van der Waals surface area contributed by atoms with E-state index in [0.29, 0.717) is 11.6 Å². The summed E-state index contributed by atoms with van der Waals surface area (Å²) < 4.78 is 20.1. The van der Waals surface area contributed by atoms with Gasteiger partial charge in [-0.15, -0.1) is 0 Å². The summed E-state index contributed by atoms with van der Waals surface area (Å²) in [7, 11) is 0. The zero-order valence-electron chi connectivity index (χ0n) is 19.5. The molecule has 1 fully saturated rings. The molecule has 3 aromatic rings. The largest absolute Gasteiger partial charge is 0.474 e. The molecule has 5 rings (SSSR count). The molecule has 0 aliphatic carbocycles. The molecule has 0 atom stereocenters. The van der Waals surface area contributed by atoms with Crippen LogP contribution in [0.3, 0.4) is 0 Å². The third-order valence-electron chi connectivity index (χ3n) is 6.02. The van der Waals surface area contributed by atoms with Gasteiger partial charge in [0.05, 0.1) is 6.20 Å². The minimum atomic E-state index is -0.998. The van der Waals surface area contributed by atoms with Gasteiger partial charge in [0, 0.05) is 30.5 Å². The number of pyridine rings is 1. The summed E-state index contributed by atoms with van der Waals surface area (Å²) in [5, 5.41) is 8.63. The lowest BCUT2D eigenvalue weighted by atomic mass is 10.1. The monoisotopic (exact) mass is 478 g/mol. The minimum Gasteiger partial charge on any atom is -0.474 e. The molecule has 0 bridgehead atoms. The molecule has 182 valence electrons. The van der Waals surface area contributed by atoms with Gasteiger partial charge in [0.25, 0.3) is 5.91 Å². The number of piperidine rings is 1. The molecule has 4 heterocycles. The summed E-state index contributed by atoms with van der Waals surface area (Å²) >= 11 is 0. The number of ether oxygens (including phenoxy) is 1. The van der Waals surface area contributed by atoms with Crippen LogP contribution in [-0.2, 0) is 4.79 Å². The van der Waals surface area contributed by atoms with Crippen LogP contribution in [0.4, 0.5) is 39.2 Å². The quantitative estimate of drug-likeness (QED) is 0.435. The normalized spacial score (nSPS) is 17.3. The smallest absolute Gasteiger partial charge is 0.269 e. The Morgan fingerprint density at radius 1 is 1.11 bits per heavy atom. The predicted molar refractivity (Wildman–Crippen MR) is 132 cm³/mol. The summed E-state index contributed by atoms with van der Waals surface area (Å²) in [6.07, 6.45) is 3.04. The van der Waals surface area contributed by atoms with Crippen molar-refractivity contribution in [3.63, 3.8) is 0 Å². The first-order valence-electron chi connectivity index (χ1n) is 11.5. The zero-order valence-corrected chi connectivity index (χ0v) is 19.5. The number of carbonyl (C=O) groups is 1. The molecule has 2 aromatic heterocycles. The number of halogens is 1. The first-order chi connectivity index (χ1) is 16.8. The molecule has 2 aliphatic rings. The Hall–Kier alpha value is -3.99. The maximum Gasteiger partial charge on any atom is 0.269 e. The standard InChI is InChI=1S/C24H27FN8O2/c1-24(2)22(34)31-21-18(35-24)7-8-19(30-21)29-20-17(25)13-27-23(32-20)28-15-3-5-16(6-4-15)33-11-9-14(26)10-12-33/h3-8,13-14H,9-12,26H2,1-2H3,(H3,27,28,29,30,31,32,34). The minimum absolute atomic E-state index is 0.0559. The van der Waals surface area contributed by atoms with Crippen LogP contribution < -0.4 is 31.3 Å². The topological polar surface area (TPSA) is 130 Å². The van der Waals surface area contributed by atoms with Crippen molar-refractivity contribution in [1.29, 1.82) is 0 Å². The number of amides is 1. The van der Waals surface area contributed by atoms with Crippen molar-refractivity contribution >= 4 is 40.7 Å². The summed E-state index contributed by atoms with van der Waals surface area (Å²) in [4.78, 5) is 27.0. The Morgan fingerprint density at radius 2 is 1.86 bits per heavy atom. The summed E-state index contributed by atoms with van der Waals surface area (Å²) in [6.45, 7) is 5.21. The van der Waals surface area contributed by atoms with E-state index in [1.807, 2.05) is 24.3 Å². The fourth-order valence-electron chi connectivity index (χ4n) is 3.95. The molecule has 0 unspecified atom stereocenters. The van der Waals surface area contributed by atoms with Gasteiger partial charge in [-0.1, -0.05) is 0 Å². The van der Waals surface area contributed by atoms with Crippen LogP contribution in [0, 0.1) is 5.82 Å². The van der Waals surface area contributed by atoms with E-state index in [9.17, 15) is 9.18 Å². The summed E-state index contributed by atoms with van der Waals surface area (Å²) in [5.41, 5.74) is 6.90. The molecule has 35 heavy (non-hydrogen) atoms. The molecule has 0 saturated carbocycles. The van der Waals surface area contributed by atoms with E-state index in [1.165, 1.54) is 0 Å². The molecule has 11 heteroatoms. The van der Waals surface area contributed by atoms with Gasteiger partial charge in [-0.05, 0) is 63.1 Å². The average Bonchev–Trinajstić information content (AvgIpc) is 2.83. The zero-order chi connectivity index (χ0) is 24.6. The van der Waals surface area contributed by atoms with Crippen LogP contribution in [-0.4, -0.2) is 45.6 Å². The highest BCUT2D eigenvalue weighted by atomic mass is 19.1. The van der Waals surface area contributed by atoms with Crippen molar-refractivity contribution in [2.45, 2.75) is 38.3 Å². The molecule has 0 spiro atoms. The Bertz CT molecular complexity index is 1240. The van der Waals surface area contributed by atoms with Crippen molar-refractivity contribution in [2.24, 2.45) is 5.73 Å². The van der Waals surface area contributed by atoms with Crippen LogP contribution in [0.15, 0.2) is 42.6 Å². The van der Waals surface area contributed by atoms with E-state index in [-0.39, 0.29) is 29.5 Å². The number of nitrogens with two attached hydrogens (primary N) is 1. The van der Waals surface area contributed by atoms with E-state index >= 15 is 0 Å². The first-order valence-corrected chi connectivity index (χ1v) is 11.5. The van der Waals surface area contributed by atoms with Gasteiger partial charge in [0.1, 0.15) is 5.82 Å². The maximum absolute atomic E-state index is 14.4. The second-order valence-corrected chi connectivity index (χ2v) is 9.12. The van der Waals surface area contributed by atoms with Crippen LogP contribution in [0.1, 0.15) is 26.7 Å². The van der Waals surface area contributed by atoms with Gasteiger partial charge in [0.2, 0.25) is 5.95 Å². The highest BCUT2D eigenvalue weighted by Gasteiger charge is 2.36. The van der Waals surface area contributed by atoms with E-state index in [1.54, 1.807) is 26.0 Å². The number of aromatic nitrogens is 3. The van der Waals surface area contributed by atoms with E-state index in [0.717, 1.165) is 43.5 Å². The second kappa shape index (κ2) is 8.99. The maximum atomic E-state index is 14.4. The number of anilines is 6. The molecule has 0 radical (unpaired) electrons. The van der Waals surface area contributed by atoms with Crippen LogP contribution in [0.2, 0.25) is 0 Å². The van der Waals surface area contributed by atoms with E-state index in [2.05, 4.69) is 35.8 Å². The highest BCUT2D eigenvalue weighted by molar-refractivity contribution is 5.99. The number of carbonyl (C=O) groups excluding carboxylic acids is 1. The van der Waals surface area contributed by atoms with Crippen molar-refractivity contribution in [2.75, 3.05) is 33.9 Å². The van der Waals surface area contributed by atoms with Gasteiger partial charge in [-0.3, -0.25) is 4.79 Å². The molecular weight excluding hydrogens is 451 g/mol. The van der Waals surface area contributed by atoms with Gasteiger partial charge in [-0.2, -0.15) is 4.98 Å². The SMILES string of the molecule is CC1(C)Oc2ccc(Nc3nc(Nc4ccc(N5CCC(N)CC5)cc4)ncc3F)nc2NC1=O. The Morgan fingerprint density at radius 3 is 2.60 bits per heavy atom. The van der Waals surface area contributed by atoms with E-state index < -0.39 is 11.4 Å². The number of nitrogens with one attached hydrogen (secondary N) is 3. The number of fused-ring (bicyclic) bond motifs is 1.